The number of aliphatic hydroxyl groups excluding tert-OH is 1. The second kappa shape index (κ2) is 8.26. The van der Waals surface area contributed by atoms with E-state index in [1.165, 1.54) is 5.56 Å². The Morgan fingerprint density at radius 1 is 1.33 bits per heavy atom. The van der Waals surface area contributed by atoms with Crippen LogP contribution < -0.4 is 5.32 Å². The Balaban J connectivity index is 1.46. The molecule has 0 unspecified atom stereocenters. The van der Waals surface area contributed by atoms with Gasteiger partial charge in [-0.25, -0.2) is 9.78 Å². The van der Waals surface area contributed by atoms with E-state index in [4.69, 9.17) is 0 Å². The zero-order valence-electron chi connectivity index (χ0n) is 13.6. The van der Waals surface area contributed by atoms with Gasteiger partial charge < -0.3 is 15.3 Å². The number of aromatic nitrogens is 1. The van der Waals surface area contributed by atoms with E-state index < -0.39 is 0 Å². The Bertz CT molecular complexity index is 659. The maximum absolute atomic E-state index is 12.2. The molecule has 2 heterocycles. The number of nitrogens with one attached hydrogen (secondary N) is 1. The molecule has 2 amide bonds. The standard InChI is InChI=1S/C18H23N3O2S/c22-12-16-7-4-10-21(16)18(23)19-11-15-13-24-17(20-15)9-8-14-5-2-1-3-6-14/h1-3,5-6,13,16,22H,4,7-12H2,(H,19,23)/t16-/m0/s1. The van der Waals surface area contributed by atoms with Crippen molar-refractivity contribution in [1.29, 1.82) is 0 Å². The lowest BCUT2D eigenvalue weighted by atomic mass is 10.1. The Hall–Kier alpha value is -1.92. The number of nitrogens with zero attached hydrogens (tertiary/aromatic N) is 2. The van der Waals surface area contributed by atoms with Crippen LogP contribution in [0.25, 0.3) is 0 Å². The number of hydrogen-bond acceptors (Lipinski definition) is 4. The number of likely N-dealkylation sites (tertiary alicyclic amines) is 1. The summed E-state index contributed by atoms with van der Waals surface area (Å²) in [4.78, 5) is 18.5. The summed E-state index contributed by atoms with van der Waals surface area (Å²) in [7, 11) is 0. The summed E-state index contributed by atoms with van der Waals surface area (Å²) in [6.45, 7) is 1.19. The molecule has 24 heavy (non-hydrogen) atoms. The van der Waals surface area contributed by atoms with E-state index >= 15 is 0 Å². The Kier molecular flexibility index (Phi) is 5.82. The highest BCUT2D eigenvalue weighted by molar-refractivity contribution is 7.09. The molecule has 0 radical (unpaired) electrons. The van der Waals surface area contributed by atoms with Gasteiger partial charge in [-0.2, -0.15) is 0 Å². The number of carbonyl (C=O) groups excluding carboxylic acids is 1. The van der Waals surface area contributed by atoms with Gasteiger partial charge >= 0.3 is 6.03 Å². The van der Waals surface area contributed by atoms with Gasteiger partial charge in [-0.1, -0.05) is 30.3 Å². The molecule has 6 heteroatoms. The minimum atomic E-state index is -0.106. The van der Waals surface area contributed by atoms with Crippen molar-refractivity contribution in [2.45, 2.75) is 38.3 Å². The van der Waals surface area contributed by atoms with Gasteiger partial charge in [0.15, 0.2) is 0 Å². The summed E-state index contributed by atoms with van der Waals surface area (Å²) in [5, 5.41) is 15.3. The van der Waals surface area contributed by atoms with Crippen LogP contribution in [0.5, 0.6) is 0 Å². The molecule has 1 saturated heterocycles. The fourth-order valence-corrected chi connectivity index (χ4v) is 3.80. The minimum Gasteiger partial charge on any atom is -0.394 e. The van der Waals surface area contributed by atoms with Crippen molar-refractivity contribution in [3.8, 4) is 0 Å². The summed E-state index contributed by atoms with van der Waals surface area (Å²) in [6, 6.07) is 10.2. The van der Waals surface area contributed by atoms with Gasteiger partial charge in [0.1, 0.15) is 0 Å². The molecule has 128 valence electrons. The predicted octanol–water partition coefficient (Wildman–Crippen LogP) is 2.59. The molecule has 1 aliphatic rings. The normalized spacial score (nSPS) is 17.2. The molecule has 0 aliphatic carbocycles. The number of aliphatic hydroxyl groups is 1. The Morgan fingerprint density at radius 2 is 2.17 bits per heavy atom. The Morgan fingerprint density at radius 3 is 2.96 bits per heavy atom. The van der Waals surface area contributed by atoms with Crippen molar-refractivity contribution in [2.75, 3.05) is 13.2 Å². The molecule has 1 aromatic heterocycles. The third-order valence-electron chi connectivity index (χ3n) is 4.34. The van der Waals surface area contributed by atoms with E-state index in [1.54, 1.807) is 16.2 Å². The molecule has 1 aromatic carbocycles. The van der Waals surface area contributed by atoms with Crippen LogP contribution in [-0.4, -0.2) is 40.2 Å². The lowest BCUT2D eigenvalue weighted by Gasteiger charge is -2.23. The van der Waals surface area contributed by atoms with Crippen LogP contribution >= 0.6 is 11.3 Å². The van der Waals surface area contributed by atoms with E-state index in [9.17, 15) is 9.90 Å². The Labute approximate surface area is 146 Å². The summed E-state index contributed by atoms with van der Waals surface area (Å²) < 4.78 is 0. The smallest absolute Gasteiger partial charge is 0.318 e. The van der Waals surface area contributed by atoms with Crippen LogP contribution in [0.1, 0.15) is 29.1 Å². The number of hydrogen-bond donors (Lipinski definition) is 2. The summed E-state index contributed by atoms with van der Waals surface area (Å²) in [5.74, 6) is 0. The zero-order chi connectivity index (χ0) is 16.8. The van der Waals surface area contributed by atoms with Crippen molar-refractivity contribution in [3.63, 3.8) is 0 Å². The third kappa shape index (κ3) is 4.33. The van der Waals surface area contributed by atoms with Gasteiger partial charge in [-0.05, 0) is 24.8 Å². The largest absolute Gasteiger partial charge is 0.394 e. The van der Waals surface area contributed by atoms with Crippen molar-refractivity contribution in [2.24, 2.45) is 0 Å². The van der Waals surface area contributed by atoms with Crippen molar-refractivity contribution >= 4 is 17.4 Å². The number of aryl methyl sites for hydroxylation is 2. The summed E-state index contributed by atoms with van der Waals surface area (Å²) in [5.41, 5.74) is 2.21. The maximum atomic E-state index is 12.2. The molecule has 0 spiro atoms. The first-order valence-corrected chi connectivity index (χ1v) is 9.27. The highest BCUT2D eigenvalue weighted by Gasteiger charge is 2.27. The van der Waals surface area contributed by atoms with Gasteiger partial charge in [0, 0.05) is 18.3 Å². The number of urea groups is 1. The van der Waals surface area contributed by atoms with Crippen LogP contribution in [0.2, 0.25) is 0 Å². The van der Waals surface area contributed by atoms with Gasteiger partial charge in [0.2, 0.25) is 0 Å². The molecule has 2 aromatic rings. The van der Waals surface area contributed by atoms with Crippen LogP contribution in [-0.2, 0) is 19.4 Å². The lowest BCUT2D eigenvalue weighted by Crippen LogP contribution is -2.43. The highest BCUT2D eigenvalue weighted by atomic mass is 32.1. The number of amides is 2. The van der Waals surface area contributed by atoms with E-state index in [0.29, 0.717) is 6.54 Å². The lowest BCUT2D eigenvalue weighted by molar-refractivity contribution is 0.157. The van der Waals surface area contributed by atoms with E-state index in [0.717, 1.165) is 42.9 Å². The molecular weight excluding hydrogens is 322 g/mol. The summed E-state index contributed by atoms with van der Waals surface area (Å²) >= 11 is 1.64. The van der Waals surface area contributed by atoms with Gasteiger partial charge in [0.25, 0.3) is 0 Å². The number of thiazole rings is 1. The van der Waals surface area contributed by atoms with Crippen molar-refractivity contribution < 1.29 is 9.90 Å². The predicted molar refractivity (Wildman–Crippen MR) is 95.0 cm³/mol. The van der Waals surface area contributed by atoms with Gasteiger partial charge in [-0.15, -0.1) is 11.3 Å². The molecule has 0 saturated carbocycles. The van der Waals surface area contributed by atoms with Crippen molar-refractivity contribution in [3.05, 3.63) is 52.0 Å². The first-order valence-electron chi connectivity index (χ1n) is 8.39. The van der Waals surface area contributed by atoms with Crippen molar-refractivity contribution in [1.82, 2.24) is 15.2 Å². The topological polar surface area (TPSA) is 65.5 Å². The molecule has 3 rings (SSSR count). The van der Waals surface area contributed by atoms with E-state index in [-0.39, 0.29) is 18.7 Å². The fraction of sp³-hybridized carbons (Fsp3) is 0.444. The average molecular weight is 345 g/mol. The number of benzene rings is 1. The van der Waals surface area contributed by atoms with Crippen LogP contribution in [0.15, 0.2) is 35.7 Å². The van der Waals surface area contributed by atoms with Gasteiger partial charge in [-0.3, -0.25) is 0 Å². The van der Waals surface area contributed by atoms with Gasteiger partial charge in [0.05, 0.1) is 29.9 Å². The highest BCUT2D eigenvalue weighted by Crippen LogP contribution is 2.17. The molecule has 0 bridgehead atoms. The number of rotatable bonds is 6. The average Bonchev–Trinajstić information content (AvgIpc) is 3.28. The first-order chi connectivity index (χ1) is 11.8. The molecular formula is C18H23N3O2S. The fourth-order valence-electron chi connectivity index (χ4n) is 3.00. The minimum absolute atomic E-state index is 0.0355. The number of carbonyl (C=O) groups is 1. The monoisotopic (exact) mass is 345 g/mol. The summed E-state index contributed by atoms with van der Waals surface area (Å²) in [6.07, 6.45) is 3.73. The third-order valence-corrected chi connectivity index (χ3v) is 5.30. The van der Waals surface area contributed by atoms with Crippen LogP contribution in [0, 0.1) is 0 Å². The van der Waals surface area contributed by atoms with Crippen LogP contribution in [0.3, 0.4) is 0 Å². The molecule has 1 atom stereocenters. The SMILES string of the molecule is O=C(NCc1csc(CCc2ccccc2)n1)N1CCC[C@H]1CO. The zero-order valence-corrected chi connectivity index (χ0v) is 14.5. The quantitative estimate of drug-likeness (QED) is 0.846. The molecule has 2 N–H and O–H groups in total. The van der Waals surface area contributed by atoms with E-state index in [2.05, 4.69) is 34.6 Å². The van der Waals surface area contributed by atoms with E-state index in [1.807, 2.05) is 11.4 Å². The second-order valence-corrected chi connectivity index (χ2v) is 6.99. The maximum Gasteiger partial charge on any atom is 0.318 e. The molecule has 1 fully saturated rings. The first kappa shape index (κ1) is 16.9. The molecule has 5 nitrogen and oxygen atoms in total. The molecule has 1 aliphatic heterocycles. The van der Waals surface area contributed by atoms with Crippen LogP contribution in [0.4, 0.5) is 4.79 Å². The second-order valence-electron chi connectivity index (χ2n) is 6.05.